The molecule has 0 radical (unpaired) electrons. The fourth-order valence-corrected chi connectivity index (χ4v) is 2.39. The van der Waals surface area contributed by atoms with Crippen LogP contribution in [0.4, 0.5) is 0 Å². The molecule has 2 aromatic rings. The lowest BCUT2D eigenvalue weighted by Gasteiger charge is -2.08. The molecule has 0 aliphatic carbocycles. The van der Waals surface area contributed by atoms with E-state index in [-0.39, 0.29) is 17.1 Å². The maximum Gasteiger partial charge on any atom is 0.383 e. The van der Waals surface area contributed by atoms with Gasteiger partial charge in [0.15, 0.2) is 5.75 Å². The molecule has 0 spiro atoms. The number of benzene rings is 1. The van der Waals surface area contributed by atoms with Gasteiger partial charge in [0, 0.05) is 6.07 Å². The molecule has 1 aromatic carbocycles. The molecule has 0 aliphatic heterocycles. The lowest BCUT2D eigenvalue weighted by molar-refractivity contribution is 0.349. The molecule has 5 heteroatoms. The fraction of sp³-hybridized carbons (Fsp3) is 0.350. The lowest BCUT2D eigenvalue weighted by atomic mass is 10.1. The topological polar surface area (TPSA) is 68.9 Å². The first-order chi connectivity index (χ1) is 11.9. The maximum atomic E-state index is 11.7. The molecular weight excluding hydrogens is 320 g/mol. The molecule has 25 heavy (non-hydrogen) atoms. The SMILES string of the molecule is COc1c(O)c2ccc(OCC=C(C)CCC=C(C)C)cc2oc1=O. The van der Waals surface area contributed by atoms with Crippen LogP contribution in [0, 0.1) is 0 Å². The van der Waals surface area contributed by atoms with Gasteiger partial charge in [-0.3, -0.25) is 0 Å². The van der Waals surface area contributed by atoms with Gasteiger partial charge in [0.2, 0.25) is 5.75 Å². The number of fused-ring (bicyclic) bond motifs is 1. The van der Waals surface area contributed by atoms with E-state index in [1.54, 1.807) is 18.2 Å². The molecule has 2 rings (SSSR count). The van der Waals surface area contributed by atoms with E-state index in [1.165, 1.54) is 18.3 Å². The number of methoxy groups -OCH3 is 1. The van der Waals surface area contributed by atoms with Gasteiger partial charge in [0.1, 0.15) is 17.9 Å². The Morgan fingerprint density at radius 3 is 2.68 bits per heavy atom. The van der Waals surface area contributed by atoms with E-state index in [4.69, 9.17) is 13.9 Å². The summed E-state index contributed by atoms with van der Waals surface area (Å²) < 4.78 is 15.7. The second kappa shape index (κ2) is 8.42. The zero-order valence-corrected chi connectivity index (χ0v) is 15.1. The van der Waals surface area contributed by atoms with Gasteiger partial charge >= 0.3 is 5.63 Å². The van der Waals surface area contributed by atoms with Crippen molar-refractivity contribution in [3.05, 3.63) is 51.9 Å². The van der Waals surface area contributed by atoms with Crippen molar-refractivity contribution in [2.45, 2.75) is 33.6 Å². The van der Waals surface area contributed by atoms with Crippen molar-refractivity contribution < 1.29 is 19.0 Å². The molecule has 1 aromatic heterocycles. The third kappa shape index (κ3) is 4.89. The molecule has 5 nitrogen and oxygen atoms in total. The van der Waals surface area contributed by atoms with Crippen LogP contribution in [-0.2, 0) is 0 Å². The van der Waals surface area contributed by atoms with Gasteiger partial charge in [-0.15, -0.1) is 0 Å². The summed E-state index contributed by atoms with van der Waals surface area (Å²) >= 11 is 0. The molecule has 0 fully saturated rings. The highest BCUT2D eigenvalue weighted by Crippen LogP contribution is 2.32. The quantitative estimate of drug-likeness (QED) is 0.588. The highest BCUT2D eigenvalue weighted by atomic mass is 16.5. The third-order valence-corrected chi connectivity index (χ3v) is 3.79. The van der Waals surface area contributed by atoms with E-state index < -0.39 is 5.63 Å². The fourth-order valence-electron chi connectivity index (χ4n) is 2.39. The van der Waals surface area contributed by atoms with E-state index in [2.05, 4.69) is 26.8 Å². The minimum atomic E-state index is -0.723. The van der Waals surface area contributed by atoms with Crippen LogP contribution in [0.2, 0.25) is 0 Å². The highest BCUT2D eigenvalue weighted by Gasteiger charge is 2.14. The summed E-state index contributed by atoms with van der Waals surface area (Å²) in [7, 11) is 1.31. The van der Waals surface area contributed by atoms with Crippen molar-refractivity contribution in [2.24, 2.45) is 0 Å². The first-order valence-corrected chi connectivity index (χ1v) is 8.18. The van der Waals surface area contributed by atoms with Gasteiger partial charge in [-0.05, 0) is 51.8 Å². The molecule has 0 amide bonds. The van der Waals surface area contributed by atoms with Crippen LogP contribution in [0.1, 0.15) is 33.6 Å². The van der Waals surface area contributed by atoms with E-state index in [1.807, 2.05) is 6.08 Å². The average Bonchev–Trinajstić information content (AvgIpc) is 2.54. The number of ether oxygens (including phenoxy) is 2. The van der Waals surface area contributed by atoms with Gasteiger partial charge in [0.25, 0.3) is 0 Å². The van der Waals surface area contributed by atoms with E-state index in [0.717, 1.165) is 12.8 Å². The zero-order chi connectivity index (χ0) is 18.4. The molecule has 0 atom stereocenters. The molecule has 0 aliphatic rings. The first kappa shape index (κ1) is 18.6. The van der Waals surface area contributed by atoms with Crippen molar-refractivity contribution in [3.63, 3.8) is 0 Å². The number of hydrogen-bond acceptors (Lipinski definition) is 5. The second-order valence-electron chi connectivity index (χ2n) is 6.11. The summed E-state index contributed by atoms with van der Waals surface area (Å²) in [6.45, 7) is 6.69. The number of rotatable bonds is 7. The Kier molecular flexibility index (Phi) is 6.28. The number of allylic oxidation sites excluding steroid dienone is 3. The van der Waals surface area contributed by atoms with Crippen molar-refractivity contribution in [3.8, 4) is 17.2 Å². The van der Waals surface area contributed by atoms with Crippen LogP contribution in [-0.4, -0.2) is 18.8 Å². The Balaban J connectivity index is 2.07. The van der Waals surface area contributed by atoms with Crippen LogP contribution in [0.15, 0.2) is 50.7 Å². The van der Waals surface area contributed by atoms with Crippen LogP contribution in [0.5, 0.6) is 17.2 Å². The average molecular weight is 344 g/mol. The van der Waals surface area contributed by atoms with Crippen molar-refractivity contribution >= 4 is 11.0 Å². The highest BCUT2D eigenvalue weighted by molar-refractivity contribution is 5.86. The molecule has 134 valence electrons. The van der Waals surface area contributed by atoms with E-state index in [0.29, 0.717) is 17.7 Å². The van der Waals surface area contributed by atoms with Crippen LogP contribution in [0.25, 0.3) is 11.0 Å². The van der Waals surface area contributed by atoms with Crippen LogP contribution < -0.4 is 15.1 Å². The summed E-state index contributed by atoms with van der Waals surface area (Å²) in [4.78, 5) is 11.7. The minimum absolute atomic E-state index is 0.198. The Hall–Kier alpha value is -2.69. The van der Waals surface area contributed by atoms with E-state index in [9.17, 15) is 9.90 Å². The van der Waals surface area contributed by atoms with Crippen LogP contribution in [0.3, 0.4) is 0 Å². The van der Waals surface area contributed by atoms with Crippen molar-refractivity contribution in [1.82, 2.24) is 0 Å². The zero-order valence-electron chi connectivity index (χ0n) is 15.1. The second-order valence-corrected chi connectivity index (χ2v) is 6.11. The molecule has 1 N–H and O–H groups in total. The molecular formula is C20H24O5. The lowest BCUT2D eigenvalue weighted by Crippen LogP contribution is -2.04. The van der Waals surface area contributed by atoms with Gasteiger partial charge in [-0.25, -0.2) is 4.79 Å². The third-order valence-electron chi connectivity index (χ3n) is 3.79. The Bertz CT molecular complexity index is 854. The summed E-state index contributed by atoms with van der Waals surface area (Å²) in [6.07, 6.45) is 6.26. The summed E-state index contributed by atoms with van der Waals surface area (Å²) in [6, 6.07) is 4.94. The standard InChI is InChI=1S/C20H24O5/c1-13(2)6-5-7-14(3)10-11-24-15-8-9-16-17(12-15)25-20(22)19(23-4)18(16)21/h6,8-10,12,21H,5,7,11H2,1-4H3. The monoisotopic (exact) mass is 344 g/mol. The van der Waals surface area contributed by atoms with Gasteiger partial charge < -0.3 is 19.0 Å². The van der Waals surface area contributed by atoms with Crippen molar-refractivity contribution in [1.29, 1.82) is 0 Å². The predicted octanol–water partition coefficient (Wildman–Crippen LogP) is 4.58. The molecule has 0 saturated carbocycles. The smallest absolute Gasteiger partial charge is 0.383 e. The minimum Gasteiger partial charge on any atom is -0.504 e. The van der Waals surface area contributed by atoms with Gasteiger partial charge in [0.05, 0.1) is 12.5 Å². The summed E-state index contributed by atoms with van der Waals surface area (Å²) in [5.74, 6) is 0.139. The molecule has 0 saturated heterocycles. The predicted molar refractivity (Wildman–Crippen MR) is 98.6 cm³/mol. The molecule has 0 bridgehead atoms. The largest absolute Gasteiger partial charge is 0.504 e. The van der Waals surface area contributed by atoms with Gasteiger partial charge in [-0.1, -0.05) is 17.2 Å². The normalized spacial score (nSPS) is 11.4. The van der Waals surface area contributed by atoms with Crippen LogP contribution >= 0.6 is 0 Å². The Morgan fingerprint density at radius 1 is 1.24 bits per heavy atom. The molecule has 0 unspecified atom stereocenters. The van der Waals surface area contributed by atoms with Crippen molar-refractivity contribution in [2.75, 3.05) is 13.7 Å². The number of aromatic hydroxyl groups is 1. The Labute approximate surface area is 147 Å². The number of hydrogen-bond donors (Lipinski definition) is 1. The molecule has 1 heterocycles. The maximum absolute atomic E-state index is 11.7. The van der Waals surface area contributed by atoms with E-state index >= 15 is 0 Å². The first-order valence-electron chi connectivity index (χ1n) is 8.18. The summed E-state index contributed by atoms with van der Waals surface area (Å²) in [5.41, 5.74) is 2.11. The Morgan fingerprint density at radius 2 is 2.00 bits per heavy atom. The van der Waals surface area contributed by atoms with Gasteiger partial charge in [-0.2, -0.15) is 0 Å². The summed E-state index contributed by atoms with van der Waals surface area (Å²) in [5, 5.41) is 10.5.